The quantitative estimate of drug-likeness (QED) is 0.811. The van der Waals surface area contributed by atoms with Gasteiger partial charge in [0.1, 0.15) is 0 Å². The van der Waals surface area contributed by atoms with Crippen LogP contribution in [0.2, 0.25) is 0 Å². The number of hydrogen-bond acceptors (Lipinski definition) is 4. The second-order valence-corrected chi connectivity index (χ2v) is 6.22. The van der Waals surface area contributed by atoms with Crippen LogP contribution in [0.1, 0.15) is 34.8 Å². The lowest BCUT2D eigenvalue weighted by Gasteiger charge is -2.09. The molecule has 0 radical (unpaired) electrons. The Bertz CT molecular complexity index is 861. The van der Waals surface area contributed by atoms with Crippen LogP contribution in [0, 0.1) is 0 Å². The molecular weight excluding hydrogens is 332 g/mol. The molecule has 3 rings (SSSR count). The fourth-order valence-electron chi connectivity index (χ4n) is 2.99. The van der Waals surface area contributed by atoms with Crippen molar-refractivity contribution in [1.29, 1.82) is 0 Å². The predicted molar refractivity (Wildman–Crippen MR) is 98.1 cm³/mol. The van der Waals surface area contributed by atoms with Crippen LogP contribution in [0.3, 0.4) is 0 Å². The summed E-state index contributed by atoms with van der Waals surface area (Å²) in [6.45, 7) is 1.03. The molecule has 0 aromatic heterocycles. The third-order valence-electron chi connectivity index (χ3n) is 4.14. The van der Waals surface area contributed by atoms with Crippen molar-refractivity contribution in [2.24, 2.45) is 0 Å². The van der Waals surface area contributed by atoms with Gasteiger partial charge in [-0.25, -0.2) is 4.79 Å². The number of amides is 2. The Morgan fingerprint density at radius 3 is 2.46 bits per heavy atom. The van der Waals surface area contributed by atoms with E-state index in [1.165, 1.54) is 18.1 Å². The number of rotatable bonds is 5. The van der Waals surface area contributed by atoms with Crippen molar-refractivity contribution in [2.45, 2.75) is 26.2 Å². The van der Waals surface area contributed by atoms with E-state index in [1.807, 2.05) is 12.1 Å². The summed E-state index contributed by atoms with van der Waals surface area (Å²) in [4.78, 5) is 35.2. The number of esters is 1. The number of aryl methyl sites for hydroxylation is 2. The van der Waals surface area contributed by atoms with Crippen LogP contribution in [-0.4, -0.2) is 24.4 Å². The highest BCUT2D eigenvalue weighted by atomic mass is 16.5. The molecule has 0 saturated heterocycles. The van der Waals surface area contributed by atoms with Gasteiger partial charge in [-0.1, -0.05) is 12.1 Å². The normalized spacial score (nSPS) is 12.2. The number of benzene rings is 2. The van der Waals surface area contributed by atoms with Gasteiger partial charge in [0.05, 0.1) is 5.56 Å². The molecule has 2 N–H and O–H groups in total. The number of carbonyl (C=O) groups is 3. The molecule has 6 nitrogen and oxygen atoms in total. The third kappa shape index (κ3) is 4.47. The molecule has 1 aliphatic rings. The van der Waals surface area contributed by atoms with E-state index in [9.17, 15) is 14.4 Å². The zero-order valence-corrected chi connectivity index (χ0v) is 14.5. The van der Waals surface area contributed by atoms with E-state index in [4.69, 9.17) is 4.74 Å². The highest BCUT2D eigenvalue weighted by Crippen LogP contribution is 2.23. The molecule has 2 aromatic rings. The average Bonchev–Trinajstić information content (AvgIpc) is 3.07. The largest absolute Gasteiger partial charge is 0.452 e. The lowest BCUT2D eigenvalue weighted by atomic mass is 10.1. The monoisotopic (exact) mass is 352 g/mol. The molecule has 1 aliphatic carbocycles. The van der Waals surface area contributed by atoms with Crippen LogP contribution in [0.15, 0.2) is 42.5 Å². The minimum Gasteiger partial charge on any atom is -0.452 e. The molecule has 0 fully saturated rings. The van der Waals surface area contributed by atoms with Gasteiger partial charge in [-0.2, -0.15) is 0 Å². The smallest absolute Gasteiger partial charge is 0.338 e. The summed E-state index contributed by atoms with van der Waals surface area (Å²) in [5.74, 6) is -1.15. The van der Waals surface area contributed by atoms with Gasteiger partial charge in [-0.05, 0) is 60.7 Å². The molecule has 0 saturated carbocycles. The van der Waals surface area contributed by atoms with Crippen molar-refractivity contribution < 1.29 is 19.1 Å². The fraction of sp³-hybridized carbons (Fsp3) is 0.250. The zero-order valence-electron chi connectivity index (χ0n) is 14.5. The molecule has 0 aliphatic heterocycles. The van der Waals surface area contributed by atoms with Crippen molar-refractivity contribution in [2.75, 3.05) is 17.2 Å². The number of carbonyl (C=O) groups excluding carboxylic acids is 3. The van der Waals surface area contributed by atoms with Gasteiger partial charge in [-0.15, -0.1) is 0 Å². The van der Waals surface area contributed by atoms with Crippen LogP contribution in [0.25, 0.3) is 0 Å². The Morgan fingerprint density at radius 1 is 0.962 bits per heavy atom. The van der Waals surface area contributed by atoms with Crippen LogP contribution in [0.5, 0.6) is 0 Å². The second-order valence-electron chi connectivity index (χ2n) is 6.22. The van der Waals surface area contributed by atoms with Crippen molar-refractivity contribution in [3.8, 4) is 0 Å². The summed E-state index contributed by atoms with van der Waals surface area (Å²) in [6.07, 6.45) is 3.12. The summed E-state index contributed by atoms with van der Waals surface area (Å²) in [5, 5.41) is 5.27. The van der Waals surface area contributed by atoms with Crippen molar-refractivity contribution in [3.05, 3.63) is 59.2 Å². The lowest BCUT2D eigenvalue weighted by molar-refractivity contribution is -0.119. The number of ether oxygens (including phenoxy) is 1. The van der Waals surface area contributed by atoms with Crippen molar-refractivity contribution in [3.63, 3.8) is 0 Å². The molecule has 26 heavy (non-hydrogen) atoms. The Labute approximate surface area is 151 Å². The Kier molecular flexibility index (Phi) is 5.31. The van der Waals surface area contributed by atoms with E-state index in [2.05, 4.69) is 10.6 Å². The average molecular weight is 352 g/mol. The van der Waals surface area contributed by atoms with Gasteiger partial charge in [0, 0.05) is 18.3 Å². The van der Waals surface area contributed by atoms with Gasteiger partial charge >= 0.3 is 5.97 Å². The zero-order chi connectivity index (χ0) is 18.5. The van der Waals surface area contributed by atoms with Crippen LogP contribution >= 0.6 is 0 Å². The molecule has 0 bridgehead atoms. The van der Waals surface area contributed by atoms with Gasteiger partial charge in [-0.3, -0.25) is 9.59 Å². The summed E-state index contributed by atoms with van der Waals surface area (Å²) in [6, 6.07) is 12.3. The molecule has 0 atom stereocenters. The second kappa shape index (κ2) is 7.82. The standard InChI is InChI=1S/C20H20N2O4/c1-13(23)21-17-6-3-7-18(11-17)22-19(24)12-26-20(25)16-9-8-14-4-2-5-15(14)10-16/h3,6-11H,2,4-5,12H2,1H3,(H,21,23)(H,22,24). The van der Waals surface area contributed by atoms with Crippen LogP contribution < -0.4 is 10.6 Å². The van der Waals surface area contributed by atoms with Gasteiger partial charge in [0.25, 0.3) is 5.91 Å². The van der Waals surface area contributed by atoms with E-state index in [0.717, 1.165) is 19.3 Å². The first kappa shape index (κ1) is 17.7. The molecule has 2 amide bonds. The van der Waals surface area contributed by atoms with E-state index in [1.54, 1.807) is 30.3 Å². The van der Waals surface area contributed by atoms with Gasteiger partial charge in [0.2, 0.25) is 5.91 Å². The van der Waals surface area contributed by atoms with E-state index in [0.29, 0.717) is 16.9 Å². The van der Waals surface area contributed by atoms with Gasteiger partial charge in [0.15, 0.2) is 6.61 Å². The minimum absolute atomic E-state index is 0.197. The summed E-state index contributed by atoms with van der Waals surface area (Å²) >= 11 is 0. The first-order valence-electron chi connectivity index (χ1n) is 8.48. The summed E-state index contributed by atoms with van der Waals surface area (Å²) < 4.78 is 5.10. The maximum absolute atomic E-state index is 12.1. The van der Waals surface area contributed by atoms with E-state index < -0.39 is 11.9 Å². The lowest BCUT2D eigenvalue weighted by Crippen LogP contribution is -2.21. The molecule has 0 spiro atoms. The van der Waals surface area contributed by atoms with E-state index >= 15 is 0 Å². The molecule has 6 heteroatoms. The SMILES string of the molecule is CC(=O)Nc1cccc(NC(=O)COC(=O)c2ccc3c(c2)CCC3)c1. The molecule has 0 heterocycles. The number of nitrogens with one attached hydrogen (secondary N) is 2. The maximum Gasteiger partial charge on any atom is 0.338 e. The highest BCUT2D eigenvalue weighted by Gasteiger charge is 2.15. The Morgan fingerprint density at radius 2 is 1.69 bits per heavy atom. The first-order chi connectivity index (χ1) is 12.5. The van der Waals surface area contributed by atoms with Crippen LogP contribution in [0.4, 0.5) is 11.4 Å². The topological polar surface area (TPSA) is 84.5 Å². The summed E-state index contributed by atoms with van der Waals surface area (Å²) in [7, 11) is 0. The van der Waals surface area contributed by atoms with Crippen molar-refractivity contribution in [1.82, 2.24) is 0 Å². The van der Waals surface area contributed by atoms with Gasteiger partial charge < -0.3 is 15.4 Å². The summed E-state index contributed by atoms with van der Waals surface area (Å²) in [5.41, 5.74) is 4.00. The first-order valence-corrected chi connectivity index (χ1v) is 8.48. The number of anilines is 2. The van der Waals surface area contributed by atoms with Crippen molar-refractivity contribution >= 4 is 29.2 Å². The molecule has 0 unspecified atom stereocenters. The predicted octanol–water partition coefficient (Wildman–Crippen LogP) is 2.93. The van der Waals surface area contributed by atoms with E-state index in [-0.39, 0.29) is 12.5 Å². The minimum atomic E-state index is -0.512. The third-order valence-corrected chi connectivity index (χ3v) is 4.14. The Hall–Kier alpha value is -3.15. The highest BCUT2D eigenvalue weighted by molar-refractivity contribution is 5.96. The Balaban J connectivity index is 1.54. The number of fused-ring (bicyclic) bond motifs is 1. The molecule has 134 valence electrons. The van der Waals surface area contributed by atoms with Crippen LogP contribution in [-0.2, 0) is 27.2 Å². The molecular formula is C20H20N2O4. The maximum atomic E-state index is 12.1. The fourth-order valence-corrected chi connectivity index (χ4v) is 2.99. The molecule has 2 aromatic carbocycles. The number of hydrogen-bond donors (Lipinski definition) is 2.